The molecule has 0 radical (unpaired) electrons. The number of methoxy groups -OCH3 is 1. The lowest BCUT2D eigenvalue weighted by Crippen LogP contribution is -2.33. The lowest BCUT2D eigenvalue weighted by atomic mass is 9.90. The summed E-state index contributed by atoms with van der Waals surface area (Å²) >= 11 is 0. The minimum absolute atomic E-state index is 0.0366. The number of amides is 1. The lowest BCUT2D eigenvalue weighted by molar-refractivity contribution is -0.122. The fraction of sp³-hybridized carbons (Fsp3) is 0.423. The van der Waals surface area contributed by atoms with E-state index in [9.17, 15) is 4.79 Å². The summed E-state index contributed by atoms with van der Waals surface area (Å²) < 4.78 is 7.18. The van der Waals surface area contributed by atoms with Crippen molar-refractivity contribution in [2.24, 2.45) is 0 Å². The first kappa shape index (κ1) is 23.1. The Morgan fingerprint density at radius 1 is 1.00 bits per heavy atom. The van der Waals surface area contributed by atoms with Gasteiger partial charge in [0.25, 0.3) is 0 Å². The topological polar surface area (TPSA) is 72.3 Å². The smallest absolute Gasteiger partial charge is 0.222 e. The fourth-order valence-corrected chi connectivity index (χ4v) is 4.50. The van der Waals surface area contributed by atoms with Gasteiger partial charge in [0.2, 0.25) is 5.91 Å². The Hall–Kier alpha value is -3.03. The maximum Gasteiger partial charge on any atom is 0.222 e. The molecule has 33 heavy (non-hydrogen) atoms. The molecule has 7 nitrogen and oxygen atoms in total. The van der Waals surface area contributed by atoms with Crippen molar-refractivity contribution in [1.82, 2.24) is 25.0 Å². The van der Waals surface area contributed by atoms with Gasteiger partial charge in [0.05, 0.1) is 12.6 Å². The Balaban J connectivity index is 1.45. The van der Waals surface area contributed by atoms with Crippen molar-refractivity contribution in [2.75, 3.05) is 33.4 Å². The van der Waals surface area contributed by atoms with Gasteiger partial charge >= 0.3 is 0 Å². The van der Waals surface area contributed by atoms with Crippen LogP contribution in [-0.4, -0.2) is 58.9 Å². The first-order chi connectivity index (χ1) is 16.2. The van der Waals surface area contributed by atoms with Crippen molar-refractivity contribution in [1.29, 1.82) is 0 Å². The minimum Gasteiger partial charge on any atom is -0.384 e. The number of carbonyl (C=O) groups is 1. The number of hydrogen-bond acceptors (Lipinski definition) is 5. The third-order valence-electron chi connectivity index (χ3n) is 6.29. The number of fused-ring (bicyclic) bond motifs is 1. The Labute approximate surface area is 195 Å². The van der Waals surface area contributed by atoms with Gasteiger partial charge in [0.15, 0.2) is 5.82 Å². The van der Waals surface area contributed by atoms with Crippen LogP contribution in [0.4, 0.5) is 0 Å². The molecule has 0 fully saturated rings. The number of rotatable bonds is 9. The van der Waals surface area contributed by atoms with Crippen LogP contribution in [0, 0.1) is 0 Å². The molecule has 174 valence electrons. The number of nitrogens with one attached hydrogen (secondary N) is 1. The molecule has 3 aromatic rings. The molecule has 0 saturated carbocycles. The van der Waals surface area contributed by atoms with Crippen molar-refractivity contribution in [3.63, 3.8) is 0 Å². The van der Waals surface area contributed by atoms with Crippen LogP contribution in [0.2, 0.25) is 0 Å². The van der Waals surface area contributed by atoms with Crippen molar-refractivity contribution in [3.8, 4) is 0 Å². The molecular formula is C26H33N5O2. The highest BCUT2D eigenvalue weighted by molar-refractivity contribution is 5.76. The van der Waals surface area contributed by atoms with Gasteiger partial charge in [-0.25, -0.2) is 0 Å². The quantitative estimate of drug-likeness (QED) is 0.546. The monoisotopic (exact) mass is 447 g/mol. The van der Waals surface area contributed by atoms with Gasteiger partial charge in [-0.05, 0) is 18.1 Å². The molecule has 1 atom stereocenters. The zero-order valence-electron chi connectivity index (χ0n) is 19.5. The molecule has 1 unspecified atom stereocenters. The molecule has 0 saturated heterocycles. The minimum atomic E-state index is -0.191. The first-order valence-corrected chi connectivity index (χ1v) is 11.7. The van der Waals surface area contributed by atoms with Gasteiger partial charge in [-0.3, -0.25) is 4.79 Å². The fourth-order valence-electron chi connectivity index (χ4n) is 4.50. The van der Waals surface area contributed by atoms with Crippen LogP contribution in [0.25, 0.3) is 0 Å². The molecule has 4 rings (SSSR count). The first-order valence-electron chi connectivity index (χ1n) is 11.7. The Kier molecular flexibility index (Phi) is 7.86. The molecule has 1 aliphatic heterocycles. The van der Waals surface area contributed by atoms with Crippen LogP contribution in [0.5, 0.6) is 0 Å². The summed E-state index contributed by atoms with van der Waals surface area (Å²) in [6, 6.07) is 21.3. The Morgan fingerprint density at radius 3 is 2.30 bits per heavy atom. The van der Waals surface area contributed by atoms with E-state index in [1.807, 2.05) is 6.92 Å². The maximum atomic E-state index is 12.1. The predicted octanol–water partition coefficient (Wildman–Crippen LogP) is 3.18. The zero-order valence-corrected chi connectivity index (χ0v) is 19.5. The standard InChI is InChI=1S/C26H33N5O2/c1-20(27-25(32)14-18-33-2)26-29-28-24-13-15-30(16-17-31(24)26)19-23(21-9-5-3-6-10-21)22-11-7-4-8-12-22/h3-12,20,23H,13-19H2,1-2H3,(H,27,32). The highest BCUT2D eigenvalue weighted by atomic mass is 16.5. The molecule has 0 bridgehead atoms. The number of benzene rings is 2. The van der Waals surface area contributed by atoms with E-state index in [1.54, 1.807) is 7.11 Å². The van der Waals surface area contributed by atoms with Crippen molar-refractivity contribution >= 4 is 5.91 Å². The summed E-state index contributed by atoms with van der Waals surface area (Å²) in [4.78, 5) is 14.6. The molecule has 1 aliphatic rings. The number of carbonyl (C=O) groups excluding carboxylic acids is 1. The zero-order chi connectivity index (χ0) is 23.0. The molecule has 1 aromatic heterocycles. The average molecular weight is 448 g/mol. The van der Waals surface area contributed by atoms with E-state index in [0.29, 0.717) is 18.9 Å². The normalized spacial score (nSPS) is 15.1. The molecular weight excluding hydrogens is 414 g/mol. The second-order valence-corrected chi connectivity index (χ2v) is 8.58. The molecule has 1 N–H and O–H groups in total. The summed E-state index contributed by atoms with van der Waals surface area (Å²) in [6.45, 7) is 5.99. The van der Waals surface area contributed by atoms with Gasteiger partial charge in [-0.1, -0.05) is 60.7 Å². The SMILES string of the molecule is COCCC(=O)NC(C)c1nnc2n1CCN(CC(c1ccccc1)c1ccccc1)CC2. The number of hydrogen-bond donors (Lipinski definition) is 1. The number of nitrogens with zero attached hydrogens (tertiary/aromatic N) is 4. The summed E-state index contributed by atoms with van der Waals surface area (Å²) in [5.74, 6) is 2.08. The number of ether oxygens (including phenoxy) is 1. The summed E-state index contributed by atoms with van der Waals surface area (Å²) in [7, 11) is 1.60. The van der Waals surface area contributed by atoms with Gasteiger partial charge in [-0.2, -0.15) is 0 Å². The van der Waals surface area contributed by atoms with Crippen LogP contribution in [0.15, 0.2) is 60.7 Å². The van der Waals surface area contributed by atoms with Gasteiger partial charge < -0.3 is 19.5 Å². The van der Waals surface area contributed by atoms with Crippen molar-refractivity contribution in [2.45, 2.75) is 38.3 Å². The third kappa shape index (κ3) is 5.86. The summed E-state index contributed by atoms with van der Waals surface area (Å²) in [6.07, 6.45) is 1.18. The van der Waals surface area contributed by atoms with E-state index >= 15 is 0 Å². The Morgan fingerprint density at radius 2 is 1.67 bits per heavy atom. The second-order valence-electron chi connectivity index (χ2n) is 8.58. The third-order valence-corrected chi connectivity index (χ3v) is 6.29. The molecule has 1 amide bonds. The van der Waals surface area contributed by atoms with E-state index in [0.717, 1.165) is 44.2 Å². The molecule has 0 aliphatic carbocycles. The van der Waals surface area contributed by atoms with E-state index in [2.05, 4.69) is 85.6 Å². The molecule has 2 aromatic carbocycles. The van der Waals surface area contributed by atoms with Gasteiger partial charge in [0, 0.05) is 52.0 Å². The average Bonchev–Trinajstić information content (AvgIpc) is 3.16. The van der Waals surface area contributed by atoms with E-state index < -0.39 is 0 Å². The number of aromatic nitrogens is 3. The summed E-state index contributed by atoms with van der Waals surface area (Å²) in [5, 5.41) is 11.9. The predicted molar refractivity (Wildman–Crippen MR) is 128 cm³/mol. The van der Waals surface area contributed by atoms with E-state index in [4.69, 9.17) is 4.74 Å². The van der Waals surface area contributed by atoms with Crippen LogP contribution in [0.1, 0.15) is 48.1 Å². The Bertz CT molecular complexity index is 982. The van der Waals surface area contributed by atoms with Gasteiger partial charge in [0.1, 0.15) is 5.82 Å². The van der Waals surface area contributed by atoms with Crippen LogP contribution < -0.4 is 5.32 Å². The van der Waals surface area contributed by atoms with Crippen LogP contribution in [0.3, 0.4) is 0 Å². The molecule has 7 heteroatoms. The largest absolute Gasteiger partial charge is 0.384 e. The molecule has 0 spiro atoms. The van der Waals surface area contributed by atoms with E-state index in [1.165, 1.54) is 11.1 Å². The van der Waals surface area contributed by atoms with E-state index in [-0.39, 0.29) is 11.9 Å². The van der Waals surface area contributed by atoms with Crippen molar-refractivity contribution in [3.05, 3.63) is 83.4 Å². The summed E-state index contributed by atoms with van der Waals surface area (Å²) in [5.41, 5.74) is 2.67. The van der Waals surface area contributed by atoms with Crippen LogP contribution >= 0.6 is 0 Å². The highest BCUT2D eigenvalue weighted by Crippen LogP contribution is 2.26. The second kappa shape index (κ2) is 11.2. The maximum absolute atomic E-state index is 12.1. The van der Waals surface area contributed by atoms with Gasteiger partial charge in [-0.15, -0.1) is 10.2 Å². The van der Waals surface area contributed by atoms with Crippen LogP contribution in [-0.2, 0) is 22.5 Å². The lowest BCUT2D eigenvalue weighted by Gasteiger charge is -2.27. The highest BCUT2D eigenvalue weighted by Gasteiger charge is 2.25. The molecule has 2 heterocycles. The van der Waals surface area contributed by atoms with Crippen molar-refractivity contribution < 1.29 is 9.53 Å².